The molecule has 0 aromatic carbocycles. The Labute approximate surface area is 550 Å². The summed E-state index contributed by atoms with van der Waals surface area (Å²) in [7, 11) is 0. The van der Waals surface area contributed by atoms with Crippen LogP contribution in [0.3, 0.4) is 0 Å². The van der Waals surface area contributed by atoms with Gasteiger partial charge in [0.25, 0.3) is 0 Å². The van der Waals surface area contributed by atoms with Crippen LogP contribution in [0.5, 0.6) is 0 Å². The second-order valence-electron chi connectivity index (χ2n) is 26.8. The Morgan fingerprint density at radius 2 is 0.744 bits per heavy atom. The fourth-order valence-electron chi connectivity index (χ4n) is 12.5. The van der Waals surface area contributed by atoms with E-state index >= 15 is 0 Å². The van der Waals surface area contributed by atoms with Gasteiger partial charge in [-0.25, -0.2) is 0 Å². The van der Waals surface area contributed by atoms with Crippen molar-refractivity contribution in [2.45, 2.75) is 408 Å². The molecule has 2 rings (SSSR count). The number of aliphatic hydroxyl groups is 8. The highest BCUT2D eigenvalue weighted by Crippen LogP contribution is 2.30. The number of hydrogen-bond acceptors (Lipinski definition) is 13. The van der Waals surface area contributed by atoms with Crippen LogP contribution in [-0.2, 0) is 23.7 Å². The number of hydrogen-bond donors (Lipinski definition) is 9. The molecule has 9 N–H and O–H groups in total. The molecule has 2 aliphatic heterocycles. The summed E-state index contributed by atoms with van der Waals surface area (Å²) in [6.07, 6.45) is 63.3. The Hall–Kier alpha value is -2.05. The van der Waals surface area contributed by atoms with Crippen molar-refractivity contribution in [3.8, 4) is 0 Å². The molecule has 0 spiro atoms. The molecule has 12 atom stereocenters. The molecule has 2 saturated heterocycles. The lowest BCUT2D eigenvalue weighted by molar-refractivity contribution is -0.359. The van der Waals surface area contributed by atoms with E-state index in [1.54, 1.807) is 6.08 Å². The summed E-state index contributed by atoms with van der Waals surface area (Å²) in [4.78, 5) is 13.4. The van der Waals surface area contributed by atoms with E-state index in [4.69, 9.17) is 18.9 Å². The summed E-state index contributed by atoms with van der Waals surface area (Å²) in [5.74, 6) is -0.243. The highest BCUT2D eigenvalue weighted by Gasteiger charge is 2.51. The Kier molecular flexibility index (Phi) is 56.6. The van der Waals surface area contributed by atoms with Crippen molar-refractivity contribution in [1.29, 1.82) is 0 Å². The predicted molar refractivity (Wildman–Crippen MR) is 369 cm³/mol. The smallest absolute Gasteiger partial charge is 0.220 e. The molecule has 14 heteroatoms. The second kappa shape index (κ2) is 60.6. The summed E-state index contributed by atoms with van der Waals surface area (Å²) in [5, 5.41) is 87.5. The van der Waals surface area contributed by atoms with Gasteiger partial charge in [-0.3, -0.25) is 4.79 Å². The lowest BCUT2D eigenvalue weighted by Gasteiger charge is -2.46. The van der Waals surface area contributed by atoms with E-state index in [1.165, 1.54) is 263 Å². The number of allylic oxidation sites excluding steroid dienone is 7. The molecule has 0 aromatic rings. The van der Waals surface area contributed by atoms with Crippen molar-refractivity contribution in [3.05, 3.63) is 48.6 Å². The van der Waals surface area contributed by atoms with Gasteiger partial charge in [-0.1, -0.05) is 313 Å². The molecule has 2 heterocycles. The molecule has 90 heavy (non-hydrogen) atoms. The molecule has 2 fully saturated rings. The zero-order valence-corrected chi connectivity index (χ0v) is 57.6. The average molecular weight is 1280 g/mol. The lowest BCUT2D eigenvalue weighted by atomic mass is 9.97. The highest BCUT2D eigenvalue weighted by atomic mass is 16.7. The molecule has 0 saturated carbocycles. The second-order valence-corrected chi connectivity index (χ2v) is 26.8. The van der Waals surface area contributed by atoms with Crippen LogP contribution in [0.15, 0.2) is 48.6 Å². The monoisotopic (exact) mass is 1280 g/mol. The molecular weight excluding hydrogens is 1130 g/mol. The summed E-state index contributed by atoms with van der Waals surface area (Å²) in [5.41, 5.74) is 0. The summed E-state index contributed by atoms with van der Waals surface area (Å²) in [6.45, 7) is 2.82. The van der Waals surface area contributed by atoms with Crippen LogP contribution in [0.25, 0.3) is 0 Å². The third-order valence-electron chi connectivity index (χ3n) is 18.5. The maximum absolute atomic E-state index is 13.4. The topological polar surface area (TPSA) is 228 Å². The van der Waals surface area contributed by atoms with Gasteiger partial charge in [0.2, 0.25) is 5.91 Å². The molecule has 528 valence electrons. The van der Waals surface area contributed by atoms with Crippen molar-refractivity contribution >= 4 is 5.91 Å². The third kappa shape index (κ3) is 43.8. The standard InChI is InChI=1S/C76H141NO13/c1-3-5-7-9-11-13-15-17-19-21-23-25-27-29-30-31-32-33-34-36-38-40-42-44-46-48-50-52-54-56-58-60-68(81)77-64(63-87-75-73(86)71(84)74(67(62-79)89-75)90-76-72(85)70(83)69(82)66(61-78)88-76)65(80)59-57-55-53-51-49-47-45-43-41-39-37-35-28-26-24-22-20-18-16-14-12-10-8-6-4-2/h15,17,21,23,49,51,57,59,64-67,69-76,78-80,82-86H,3-14,16,18-20,22,24-48,50,52-56,58,60-63H2,1-2H3,(H,77,81)/b17-15-,23-21-,51-49+,59-57+. The molecule has 0 aromatic heterocycles. The molecule has 0 aliphatic carbocycles. The van der Waals surface area contributed by atoms with E-state index in [-0.39, 0.29) is 18.9 Å². The van der Waals surface area contributed by atoms with E-state index in [1.807, 2.05) is 6.08 Å². The number of rotatable bonds is 63. The zero-order chi connectivity index (χ0) is 65.2. The Balaban J connectivity index is 1.65. The number of amides is 1. The highest BCUT2D eigenvalue weighted by molar-refractivity contribution is 5.76. The maximum Gasteiger partial charge on any atom is 0.220 e. The lowest BCUT2D eigenvalue weighted by Crippen LogP contribution is -2.65. The van der Waals surface area contributed by atoms with Crippen LogP contribution in [0.4, 0.5) is 0 Å². The fraction of sp³-hybridized carbons (Fsp3) is 0.882. The van der Waals surface area contributed by atoms with Crippen molar-refractivity contribution < 1.29 is 64.6 Å². The number of carbonyl (C=O) groups excluding carboxylic acids is 1. The minimum atomic E-state index is -1.79. The minimum Gasteiger partial charge on any atom is -0.394 e. The molecule has 0 radical (unpaired) electrons. The molecule has 1 amide bonds. The van der Waals surface area contributed by atoms with Gasteiger partial charge in [0.05, 0.1) is 32.0 Å². The molecule has 14 nitrogen and oxygen atoms in total. The van der Waals surface area contributed by atoms with Crippen LogP contribution in [0, 0.1) is 0 Å². The molecule has 12 unspecified atom stereocenters. The molecular formula is C76H141NO13. The molecule has 2 aliphatic rings. The van der Waals surface area contributed by atoms with Gasteiger partial charge in [-0.05, 0) is 64.2 Å². The number of ether oxygens (including phenoxy) is 4. The summed E-state index contributed by atoms with van der Waals surface area (Å²) >= 11 is 0. The number of nitrogens with one attached hydrogen (secondary N) is 1. The van der Waals surface area contributed by atoms with E-state index < -0.39 is 86.8 Å². The van der Waals surface area contributed by atoms with Gasteiger partial charge in [0.15, 0.2) is 12.6 Å². The normalized spacial score (nSPS) is 23.1. The van der Waals surface area contributed by atoms with Crippen molar-refractivity contribution in [1.82, 2.24) is 5.32 Å². The number of unbranched alkanes of at least 4 members (excludes halogenated alkanes) is 44. The summed E-state index contributed by atoms with van der Waals surface area (Å²) < 4.78 is 22.9. The van der Waals surface area contributed by atoms with E-state index in [0.717, 1.165) is 38.5 Å². The van der Waals surface area contributed by atoms with Crippen LogP contribution in [0.1, 0.15) is 335 Å². The summed E-state index contributed by atoms with van der Waals surface area (Å²) in [6, 6.07) is -0.933. The van der Waals surface area contributed by atoms with Gasteiger partial charge in [-0.15, -0.1) is 0 Å². The first-order valence-electron chi connectivity index (χ1n) is 37.9. The van der Waals surface area contributed by atoms with Crippen molar-refractivity contribution in [2.75, 3.05) is 19.8 Å². The fourth-order valence-corrected chi connectivity index (χ4v) is 12.5. The van der Waals surface area contributed by atoms with Gasteiger partial charge < -0.3 is 65.1 Å². The van der Waals surface area contributed by atoms with Gasteiger partial charge in [-0.2, -0.15) is 0 Å². The third-order valence-corrected chi connectivity index (χ3v) is 18.5. The Morgan fingerprint density at radius 1 is 0.400 bits per heavy atom. The average Bonchev–Trinajstić information content (AvgIpc) is 1.42. The van der Waals surface area contributed by atoms with Crippen LogP contribution in [-0.4, -0.2) is 140 Å². The first-order valence-corrected chi connectivity index (χ1v) is 37.9. The van der Waals surface area contributed by atoms with Gasteiger partial charge >= 0.3 is 0 Å². The van der Waals surface area contributed by atoms with E-state index in [0.29, 0.717) is 12.8 Å². The van der Waals surface area contributed by atoms with Gasteiger partial charge in [0, 0.05) is 6.42 Å². The van der Waals surface area contributed by atoms with Crippen molar-refractivity contribution in [2.24, 2.45) is 0 Å². The number of carbonyl (C=O) groups is 1. The Bertz CT molecular complexity index is 1690. The largest absolute Gasteiger partial charge is 0.394 e. The SMILES string of the molecule is CCCCCCC/C=C\C/C=C\CCCCCCCCCCCCCCCCCCCCCC(=O)NC(COC1OC(CO)C(OC2OC(CO)C(O)C(O)C2O)C(O)C1O)C(O)/C=C/CC/C=C/CCCCCCCCCCCCCCCCCCCCC. The Morgan fingerprint density at radius 3 is 1.16 bits per heavy atom. The van der Waals surface area contributed by atoms with E-state index in [9.17, 15) is 45.6 Å². The van der Waals surface area contributed by atoms with Crippen LogP contribution >= 0.6 is 0 Å². The molecule has 0 bridgehead atoms. The minimum absolute atomic E-state index is 0.243. The maximum atomic E-state index is 13.4. The van der Waals surface area contributed by atoms with Crippen molar-refractivity contribution in [3.63, 3.8) is 0 Å². The zero-order valence-electron chi connectivity index (χ0n) is 57.6. The van der Waals surface area contributed by atoms with E-state index in [2.05, 4.69) is 55.6 Å². The quantitative estimate of drug-likeness (QED) is 0.0204. The first-order chi connectivity index (χ1) is 44.1. The van der Waals surface area contributed by atoms with Crippen LogP contribution in [0.2, 0.25) is 0 Å². The first kappa shape index (κ1) is 84.0. The van der Waals surface area contributed by atoms with Crippen LogP contribution < -0.4 is 5.32 Å². The van der Waals surface area contributed by atoms with Gasteiger partial charge in [0.1, 0.15) is 48.8 Å². The number of aliphatic hydroxyl groups excluding tert-OH is 8. The predicted octanol–water partition coefficient (Wildman–Crippen LogP) is 16.2.